The Kier molecular flexibility index (Phi) is 45.3. The van der Waals surface area contributed by atoms with Gasteiger partial charge in [0, 0.05) is 63.3 Å². The molecule has 1 aromatic carbocycles. The normalized spacial score (nSPS) is 11.7. The monoisotopic (exact) mass is 1230 g/mol. The Balaban J connectivity index is 1.18. The molecule has 0 saturated carbocycles. The molecule has 0 unspecified atom stereocenters. The van der Waals surface area contributed by atoms with Gasteiger partial charge in [-0.1, -0.05) is 206 Å². The topological polar surface area (TPSA) is 282 Å². The van der Waals surface area contributed by atoms with Crippen LogP contribution in [0.4, 0.5) is 11.6 Å². The van der Waals surface area contributed by atoms with Crippen molar-refractivity contribution in [3.05, 3.63) is 52.1 Å². The van der Waals surface area contributed by atoms with Gasteiger partial charge in [-0.25, -0.2) is 14.8 Å². The first kappa shape index (κ1) is 76.5. The molecular weight excluding hydrogens is 1120 g/mol. The third kappa shape index (κ3) is 39.3. The summed E-state index contributed by atoms with van der Waals surface area (Å²) in [4.78, 5) is 92.5. The number of rotatable bonds is 59. The Morgan fingerprint density at radius 2 is 1.02 bits per heavy atom. The average Bonchev–Trinajstić information content (AvgIpc) is 3.57. The Bertz CT molecular complexity index is 2320. The lowest BCUT2D eigenvalue weighted by molar-refractivity contribution is -0.139. The van der Waals surface area contributed by atoms with Crippen LogP contribution in [0.1, 0.15) is 274 Å². The van der Waals surface area contributed by atoms with Gasteiger partial charge in [-0.05, 0) is 56.4 Å². The zero-order valence-corrected chi connectivity index (χ0v) is 54.4. The molecule has 20 nitrogen and oxygen atoms in total. The summed E-state index contributed by atoms with van der Waals surface area (Å²) in [6.45, 7) is 8.65. The van der Waals surface area contributed by atoms with Crippen molar-refractivity contribution in [2.45, 2.75) is 270 Å². The lowest BCUT2D eigenvalue weighted by atomic mass is 10.0. The van der Waals surface area contributed by atoms with E-state index in [9.17, 15) is 33.9 Å². The van der Waals surface area contributed by atoms with Crippen molar-refractivity contribution < 1.29 is 43.3 Å². The van der Waals surface area contributed by atoms with Gasteiger partial charge in [0.15, 0.2) is 11.2 Å². The maximum absolute atomic E-state index is 13.5. The molecule has 0 spiro atoms. The number of anilines is 2. The molecule has 2 aromatic heterocycles. The van der Waals surface area contributed by atoms with Crippen molar-refractivity contribution >= 4 is 52.4 Å². The highest BCUT2D eigenvalue weighted by molar-refractivity contribution is 5.97. The molecule has 0 bridgehead atoms. The van der Waals surface area contributed by atoms with Crippen molar-refractivity contribution in [3.63, 3.8) is 0 Å². The number of hydrogen-bond donors (Lipinski definition) is 7. The molecule has 0 aliphatic rings. The fraction of sp³-hybridized carbons (Fsp3) is 0.750. The van der Waals surface area contributed by atoms with E-state index in [1.807, 2.05) is 4.90 Å². The number of hydrogen-bond acceptors (Lipinski definition) is 14. The molecule has 4 amide bonds. The molecule has 0 aliphatic carbocycles. The Morgan fingerprint density at radius 1 is 0.568 bits per heavy atom. The Labute approximate surface area is 527 Å². The average molecular weight is 1230 g/mol. The van der Waals surface area contributed by atoms with E-state index in [1.54, 1.807) is 12.1 Å². The van der Waals surface area contributed by atoms with Gasteiger partial charge in [0.05, 0.1) is 38.3 Å². The van der Waals surface area contributed by atoms with Gasteiger partial charge >= 0.3 is 5.97 Å². The summed E-state index contributed by atoms with van der Waals surface area (Å²) in [6.07, 6.45) is 45.2. The van der Waals surface area contributed by atoms with Gasteiger partial charge in [-0.15, -0.1) is 0 Å². The first-order chi connectivity index (χ1) is 43.0. The fourth-order valence-corrected chi connectivity index (χ4v) is 10.6. The van der Waals surface area contributed by atoms with Crippen molar-refractivity contribution in [1.29, 1.82) is 0 Å². The van der Waals surface area contributed by atoms with E-state index in [1.165, 1.54) is 198 Å². The van der Waals surface area contributed by atoms with E-state index in [-0.39, 0.29) is 79.4 Å². The number of carboxylic acid groups (broad SMARTS) is 1. The number of nitrogens with zero attached hydrogens (tertiary/aromatic N) is 4. The number of aliphatic carboxylic acids is 1. The van der Waals surface area contributed by atoms with Crippen molar-refractivity contribution in [2.24, 2.45) is 0 Å². The van der Waals surface area contributed by atoms with Crippen molar-refractivity contribution in [1.82, 2.24) is 40.8 Å². The number of carbonyl (C=O) groups is 5. The second-order valence-electron chi connectivity index (χ2n) is 23.8. The highest BCUT2D eigenvalue weighted by Crippen LogP contribution is 2.18. The summed E-state index contributed by atoms with van der Waals surface area (Å²) < 4.78 is 16.6. The molecular formula is C68H116N10O10. The van der Waals surface area contributed by atoms with E-state index in [2.05, 4.69) is 55.1 Å². The minimum Gasteiger partial charge on any atom is -0.480 e. The fourth-order valence-electron chi connectivity index (χ4n) is 10.6. The van der Waals surface area contributed by atoms with Crippen LogP contribution in [0.25, 0.3) is 11.2 Å². The zero-order chi connectivity index (χ0) is 63.3. The van der Waals surface area contributed by atoms with Gasteiger partial charge in [0.1, 0.15) is 12.8 Å². The molecule has 0 saturated heterocycles. The minimum atomic E-state index is -1.28. The van der Waals surface area contributed by atoms with E-state index < -0.39 is 23.5 Å². The molecule has 498 valence electrons. The highest BCUT2D eigenvalue weighted by atomic mass is 16.7. The zero-order valence-electron chi connectivity index (χ0n) is 54.4. The third-order valence-electron chi connectivity index (χ3n) is 16.0. The number of H-pyrrole nitrogens is 1. The van der Waals surface area contributed by atoms with Crippen LogP contribution in [0.3, 0.4) is 0 Å². The van der Waals surface area contributed by atoms with E-state index in [0.717, 1.165) is 38.8 Å². The highest BCUT2D eigenvalue weighted by Gasteiger charge is 2.22. The molecule has 1 atom stereocenters. The molecule has 3 rings (SSSR count). The summed E-state index contributed by atoms with van der Waals surface area (Å²) in [5.74, 6) is -2.29. The maximum Gasteiger partial charge on any atom is 0.326 e. The molecule has 0 radical (unpaired) electrons. The van der Waals surface area contributed by atoms with Crippen LogP contribution < -0.4 is 32.6 Å². The van der Waals surface area contributed by atoms with Crippen LogP contribution >= 0.6 is 0 Å². The number of aromatic nitrogens is 4. The van der Waals surface area contributed by atoms with Gasteiger partial charge < -0.3 is 51.2 Å². The smallest absolute Gasteiger partial charge is 0.326 e. The first-order valence-electron chi connectivity index (χ1n) is 34.4. The first-order valence-corrected chi connectivity index (χ1v) is 34.4. The van der Waals surface area contributed by atoms with E-state index in [4.69, 9.17) is 19.9 Å². The number of benzene rings is 1. The van der Waals surface area contributed by atoms with Crippen molar-refractivity contribution in [2.75, 3.05) is 70.4 Å². The van der Waals surface area contributed by atoms with Crippen LogP contribution in [0.15, 0.2) is 35.3 Å². The summed E-state index contributed by atoms with van der Waals surface area (Å²) in [6, 6.07) is 5.06. The standard InChI is InChI=1S/C68H116N10O10/c1-3-5-7-9-11-13-15-17-19-21-23-25-27-29-31-33-47-78(48-34-32-30-28-26-24-22-20-18-16-14-12-10-8-6-4-2)62(81)44-43-61(80)71-46-36-50-87-55-88-52-51-86-49-35-45-70-60(79)42-41-59(67(84)85)75-65(82)56-37-39-57(40-38-56)72-53-58-54-73-64-63(74-58)66(83)77-68(69)76-64/h37-40,54,59,72H,3-36,41-53,55H2,1-2H3,(H,70,79)(H,71,80)(H,75,82)(H,84,85)(H3,69,73,76,77,83)/t59-/m0/s1. The number of nitrogens with one attached hydrogen (secondary N) is 5. The Hall–Kier alpha value is -5.73. The second kappa shape index (κ2) is 52.1. The molecule has 2 heterocycles. The molecule has 20 heteroatoms. The van der Waals surface area contributed by atoms with E-state index >= 15 is 0 Å². The Morgan fingerprint density at radius 3 is 1.52 bits per heavy atom. The summed E-state index contributed by atoms with van der Waals surface area (Å²) in [5, 5.41) is 21.0. The quantitative estimate of drug-likeness (QED) is 0.0204. The summed E-state index contributed by atoms with van der Waals surface area (Å²) >= 11 is 0. The van der Waals surface area contributed by atoms with Crippen LogP contribution in [-0.4, -0.2) is 125 Å². The van der Waals surface area contributed by atoms with Gasteiger partial charge in [0.2, 0.25) is 23.7 Å². The molecule has 0 aliphatic heterocycles. The van der Waals surface area contributed by atoms with Gasteiger partial charge in [-0.3, -0.25) is 29.0 Å². The van der Waals surface area contributed by atoms with Gasteiger partial charge in [-0.2, -0.15) is 4.98 Å². The number of amides is 4. The number of carbonyl (C=O) groups excluding carboxylic acids is 4. The number of unbranched alkanes of at least 4 members (excludes halogenated alkanes) is 30. The van der Waals surface area contributed by atoms with Crippen LogP contribution in [0.2, 0.25) is 0 Å². The van der Waals surface area contributed by atoms with E-state index in [0.29, 0.717) is 63.7 Å². The number of carboxylic acids is 1. The second-order valence-corrected chi connectivity index (χ2v) is 23.8. The van der Waals surface area contributed by atoms with Gasteiger partial charge in [0.25, 0.3) is 11.5 Å². The largest absolute Gasteiger partial charge is 0.480 e. The number of fused-ring (bicyclic) bond motifs is 1. The van der Waals surface area contributed by atoms with Crippen LogP contribution in [0.5, 0.6) is 0 Å². The van der Waals surface area contributed by atoms with Crippen molar-refractivity contribution in [3.8, 4) is 0 Å². The summed E-state index contributed by atoms with van der Waals surface area (Å²) in [7, 11) is 0. The van der Waals surface area contributed by atoms with Crippen LogP contribution in [0, 0.1) is 0 Å². The maximum atomic E-state index is 13.5. The molecule has 0 fully saturated rings. The molecule has 3 aromatic rings. The number of nitrogens with two attached hydrogens (primary N) is 1. The predicted molar refractivity (Wildman–Crippen MR) is 352 cm³/mol. The lowest BCUT2D eigenvalue weighted by Crippen LogP contribution is -2.41. The molecule has 8 N–H and O–H groups in total. The SMILES string of the molecule is CCCCCCCCCCCCCCCCCCN(CCCCCCCCCCCCCCCCCC)C(=O)CCC(=O)NCCCOCOCCOCCCNC(=O)CC[C@H](NC(=O)c1ccc(NCc2cnc3nc(N)[nH]c(=O)c3n2)cc1)C(=O)O. The molecule has 88 heavy (non-hydrogen) atoms. The summed E-state index contributed by atoms with van der Waals surface area (Å²) in [5.41, 5.74) is 6.58. The number of aromatic amines is 1. The predicted octanol–water partition coefficient (Wildman–Crippen LogP) is 13.0. The van der Waals surface area contributed by atoms with Crippen LogP contribution in [-0.2, 0) is 39.9 Å². The minimum absolute atomic E-state index is 0.0546. The lowest BCUT2D eigenvalue weighted by Gasteiger charge is -2.23. The number of nitrogen functional groups attached to an aromatic ring is 1. The third-order valence-corrected chi connectivity index (χ3v) is 16.0. The number of ether oxygens (including phenoxy) is 3.